The van der Waals surface area contributed by atoms with E-state index < -0.39 is 5.97 Å². The number of aryl methyl sites for hydroxylation is 1. The SMILES string of the molecule is CCCCCc1ccc(/C=C/C(=N)OC(=O)c2ccc(Cl)cc2N)cc1. The maximum absolute atomic E-state index is 12.0. The first kappa shape index (κ1) is 19.7. The molecule has 0 radical (unpaired) electrons. The van der Waals surface area contributed by atoms with E-state index in [0.29, 0.717) is 5.02 Å². The largest absolute Gasteiger partial charge is 0.404 e. The Kier molecular flexibility index (Phi) is 7.42. The predicted octanol–water partition coefficient (Wildman–Crippen LogP) is 5.50. The number of unbranched alkanes of at least 4 members (excludes halogenated alkanes) is 2. The van der Waals surface area contributed by atoms with Crippen molar-refractivity contribution in [3.05, 3.63) is 70.3 Å². The normalized spacial score (nSPS) is 10.8. The fourth-order valence-electron chi connectivity index (χ4n) is 2.45. The zero-order chi connectivity index (χ0) is 18.9. The molecular weight excluding hydrogens is 348 g/mol. The second-order valence-electron chi connectivity index (χ2n) is 6.02. The van der Waals surface area contributed by atoms with Gasteiger partial charge in [-0.2, -0.15) is 0 Å². The lowest BCUT2D eigenvalue weighted by atomic mass is 10.1. The number of hydrogen-bond acceptors (Lipinski definition) is 4. The number of nitrogen functional groups attached to an aromatic ring is 1. The molecule has 4 nitrogen and oxygen atoms in total. The second-order valence-corrected chi connectivity index (χ2v) is 6.45. The Morgan fingerprint density at radius 2 is 1.92 bits per heavy atom. The van der Waals surface area contributed by atoms with Gasteiger partial charge >= 0.3 is 5.97 Å². The minimum Gasteiger partial charge on any atom is -0.404 e. The topological polar surface area (TPSA) is 76.2 Å². The molecule has 136 valence electrons. The summed E-state index contributed by atoms with van der Waals surface area (Å²) >= 11 is 5.81. The number of rotatable bonds is 7. The van der Waals surface area contributed by atoms with Crippen LogP contribution in [0.3, 0.4) is 0 Å². The van der Waals surface area contributed by atoms with Crippen LogP contribution in [0.25, 0.3) is 6.08 Å². The first-order valence-corrected chi connectivity index (χ1v) is 9.00. The molecule has 0 saturated heterocycles. The van der Waals surface area contributed by atoms with Crippen molar-refractivity contribution < 1.29 is 9.53 Å². The van der Waals surface area contributed by atoms with Gasteiger partial charge in [-0.25, -0.2) is 4.79 Å². The van der Waals surface area contributed by atoms with E-state index in [1.165, 1.54) is 43.0 Å². The Balaban J connectivity index is 1.91. The molecule has 0 unspecified atom stereocenters. The average Bonchev–Trinajstić information content (AvgIpc) is 2.61. The molecular formula is C21H23ClN2O2. The van der Waals surface area contributed by atoms with Gasteiger partial charge in [0.1, 0.15) is 0 Å². The Bertz CT molecular complexity index is 798. The van der Waals surface area contributed by atoms with Gasteiger partial charge in [0, 0.05) is 16.8 Å². The molecule has 0 amide bonds. The molecule has 5 heteroatoms. The average molecular weight is 371 g/mol. The summed E-state index contributed by atoms with van der Waals surface area (Å²) in [6.45, 7) is 2.19. The zero-order valence-electron chi connectivity index (χ0n) is 14.8. The molecule has 0 bridgehead atoms. The number of carbonyl (C=O) groups excluding carboxylic acids is 1. The van der Waals surface area contributed by atoms with E-state index in [1.807, 2.05) is 12.1 Å². The standard InChI is InChI=1S/C21H23ClN2O2/c1-2-3-4-5-15-6-8-16(9-7-15)10-13-20(24)26-21(25)18-12-11-17(22)14-19(18)23/h6-14,24H,2-5,23H2,1H3/b13-10+,24-20?. The van der Waals surface area contributed by atoms with E-state index in [2.05, 4.69) is 19.1 Å². The number of esters is 1. The number of nitrogens with two attached hydrogens (primary N) is 1. The van der Waals surface area contributed by atoms with E-state index in [0.717, 1.165) is 12.0 Å². The maximum Gasteiger partial charge on any atom is 0.346 e. The minimum atomic E-state index is -0.680. The molecule has 3 N–H and O–H groups in total. The van der Waals surface area contributed by atoms with Crippen LogP contribution in [0.15, 0.2) is 48.5 Å². The maximum atomic E-state index is 12.0. The summed E-state index contributed by atoms with van der Waals surface area (Å²) in [5.74, 6) is -0.934. The van der Waals surface area contributed by atoms with Crippen LogP contribution < -0.4 is 5.73 Å². The van der Waals surface area contributed by atoms with Crippen molar-refractivity contribution in [2.45, 2.75) is 32.6 Å². The van der Waals surface area contributed by atoms with Crippen molar-refractivity contribution in [1.82, 2.24) is 0 Å². The van der Waals surface area contributed by atoms with Gasteiger partial charge in [-0.3, -0.25) is 5.41 Å². The van der Waals surface area contributed by atoms with Crippen LogP contribution in [-0.2, 0) is 11.2 Å². The number of halogens is 1. The van der Waals surface area contributed by atoms with Crippen molar-refractivity contribution in [2.75, 3.05) is 5.73 Å². The summed E-state index contributed by atoms with van der Waals surface area (Å²) in [5, 5.41) is 8.23. The van der Waals surface area contributed by atoms with Crippen molar-refractivity contribution in [1.29, 1.82) is 5.41 Å². The molecule has 26 heavy (non-hydrogen) atoms. The highest BCUT2D eigenvalue weighted by Crippen LogP contribution is 2.19. The number of ether oxygens (including phenoxy) is 1. The Labute approximate surface area is 159 Å². The summed E-state index contributed by atoms with van der Waals surface area (Å²) in [4.78, 5) is 12.0. The van der Waals surface area contributed by atoms with Crippen LogP contribution >= 0.6 is 11.6 Å². The van der Waals surface area contributed by atoms with Crippen LogP contribution in [-0.4, -0.2) is 11.9 Å². The molecule has 0 aliphatic carbocycles. The van der Waals surface area contributed by atoms with Gasteiger partial charge in [-0.1, -0.05) is 55.6 Å². The molecule has 2 aromatic carbocycles. The van der Waals surface area contributed by atoms with Crippen molar-refractivity contribution in [2.24, 2.45) is 0 Å². The Morgan fingerprint density at radius 3 is 2.58 bits per heavy atom. The number of benzene rings is 2. The highest BCUT2D eigenvalue weighted by atomic mass is 35.5. The van der Waals surface area contributed by atoms with Crippen LogP contribution in [0, 0.1) is 5.41 Å². The third-order valence-electron chi connectivity index (χ3n) is 3.91. The monoisotopic (exact) mass is 370 g/mol. The van der Waals surface area contributed by atoms with Gasteiger partial charge < -0.3 is 10.5 Å². The summed E-state index contributed by atoms with van der Waals surface area (Å²) in [6, 6.07) is 12.6. The minimum absolute atomic E-state index is 0.184. The fourth-order valence-corrected chi connectivity index (χ4v) is 2.64. The van der Waals surface area contributed by atoms with E-state index in [-0.39, 0.29) is 17.1 Å². The van der Waals surface area contributed by atoms with Crippen molar-refractivity contribution in [3.8, 4) is 0 Å². The molecule has 0 heterocycles. The Hall–Kier alpha value is -2.59. The Morgan fingerprint density at radius 1 is 1.19 bits per heavy atom. The first-order chi connectivity index (χ1) is 12.5. The fraction of sp³-hybridized carbons (Fsp3) is 0.238. The summed E-state index contributed by atoms with van der Waals surface area (Å²) in [5.41, 5.74) is 8.39. The van der Waals surface area contributed by atoms with Crippen LogP contribution in [0.2, 0.25) is 5.02 Å². The summed E-state index contributed by atoms with van der Waals surface area (Å²) in [7, 11) is 0. The highest BCUT2D eigenvalue weighted by Gasteiger charge is 2.13. The number of anilines is 1. The number of hydrogen-bond donors (Lipinski definition) is 2. The summed E-state index contributed by atoms with van der Waals surface area (Å²) in [6.07, 6.45) is 7.90. The van der Waals surface area contributed by atoms with Crippen molar-refractivity contribution in [3.63, 3.8) is 0 Å². The van der Waals surface area contributed by atoms with E-state index >= 15 is 0 Å². The van der Waals surface area contributed by atoms with Crippen molar-refractivity contribution >= 4 is 35.2 Å². The molecule has 0 fully saturated rings. The highest BCUT2D eigenvalue weighted by molar-refractivity contribution is 6.31. The molecule has 0 saturated carbocycles. The van der Waals surface area contributed by atoms with Crippen LogP contribution in [0.1, 0.15) is 47.7 Å². The van der Waals surface area contributed by atoms with E-state index in [1.54, 1.807) is 12.1 Å². The van der Waals surface area contributed by atoms with E-state index in [9.17, 15) is 4.79 Å². The first-order valence-electron chi connectivity index (χ1n) is 8.62. The number of nitrogens with one attached hydrogen (secondary N) is 1. The van der Waals surface area contributed by atoms with E-state index in [4.69, 9.17) is 27.5 Å². The van der Waals surface area contributed by atoms with Crippen LogP contribution in [0.4, 0.5) is 5.69 Å². The molecule has 0 aliphatic rings. The lowest BCUT2D eigenvalue weighted by Gasteiger charge is -2.05. The lowest BCUT2D eigenvalue weighted by Crippen LogP contribution is -2.11. The van der Waals surface area contributed by atoms with Gasteiger partial charge in [-0.15, -0.1) is 0 Å². The van der Waals surface area contributed by atoms with Gasteiger partial charge in [0.15, 0.2) is 0 Å². The number of carbonyl (C=O) groups is 1. The van der Waals surface area contributed by atoms with Gasteiger partial charge in [0.2, 0.25) is 5.90 Å². The molecule has 0 atom stereocenters. The summed E-state index contributed by atoms with van der Waals surface area (Å²) < 4.78 is 5.00. The molecule has 0 aliphatic heterocycles. The third-order valence-corrected chi connectivity index (χ3v) is 4.15. The third kappa shape index (κ3) is 6.05. The van der Waals surface area contributed by atoms with Gasteiger partial charge in [-0.05, 0) is 48.2 Å². The van der Waals surface area contributed by atoms with Gasteiger partial charge in [0.05, 0.1) is 5.56 Å². The zero-order valence-corrected chi connectivity index (χ0v) is 15.6. The predicted molar refractivity (Wildman–Crippen MR) is 108 cm³/mol. The molecule has 0 spiro atoms. The quantitative estimate of drug-likeness (QED) is 0.222. The molecule has 0 aromatic heterocycles. The van der Waals surface area contributed by atoms with Crippen LogP contribution in [0.5, 0.6) is 0 Å². The molecule has 2 rings (SSSR count). The van der Waals surface area contributed by atoms with Gasteiger partial charge in [0.25, 0.3) is 0 Å². The lowest BCUT2D eigenvalue weighted by molar-refractivity contribution is 0.0718. The smallest absolute Gasteiger partial charge is 0.346 e. The second kappa shape index (κ2) is 9.78. The molecule has 2 aromatic rings.